The fourth-order valence-electron chi connectivity index (χ4n) is 5.08. The van der Waals surface area contributed by atoms with Crippen molar-refractivity contribution in [1.82, 2.24) is 25.9 Å². The average Bonchev–Trinajstić information content (AvgIpc) is 3.24. The number of anilines is 2. The fraction of sp³-hybridized carbons (Fsp3) is 0.308. The quantitative estimate of drug-likeness (QED) is 0.520. The van der Waals surface area contributed by atoms with Crippen molar-refractivity contribution in [2.24, 2.45) is 0 Å². The lowest BCUT2D eigenvalue weighted by atomic mass is 9.99. The smallest absolute Gasteiger partial charge is 0.327 e. The summed E-state index contributed by atoms with van der Waals surface area (Å²) in [6, 6.07) is 15.0. The Bertz CT molecular complexity index is 1290. The molecule has 3 atom stereocenters. The first-order chi connectivity index (χ1) is 17.1. The maximum absolute atomic E-state index is 13.5. The monoisotopic (exact) mass is 486 g/mol. The van der Waals surface area contributed by atoms with Gasteiger partial charge in [0.05, 0.1) is 23.1 Å². The second-order valence-corrected chi connectivity index (χ2v) is 10.3. The number of urea groups is 1. The van der Waals surface area contributed by atoms with Crippen molar-refractivity contribution in [3.63, 3.8) is 0 Å². The third kappa shape index (κ3) is 4.04. The van der Waals surface area contributed by atoms with E-state index in [4.69, 9.17) is 0 Å². The van der Waals surface area contributed by atoms with Crippen molar-refractivity contribution < 1.29 is 9.59 Å². The third-order valence-electron chi connectivity index (χ3n) is 6.67. The van der Waals surface area contributed by atoms with Gasteiger partial charge in [0.15, 0.2) is 0 Å². The summed E-state index contributed by atoms with van der Waals surface area (Å²) >= 11 is 1.42. The summed E-state index contributed by atoms with van der Waals surface area (Å²) in [7, 11) is 0. The van der Waals surface area contributed by atoms with Crippen molar-refractivity contribution in [3.8, 4) is 11.3 Å². The van der Waals surface area contributed by atoms with Gasteiger partial charge in [-0.2, -0.15) is 0 Å². The summed E-state index contributed by atoms with van der Waals surface area (Å²) in [6.07, 6.45) is 3.71. The van der Waals surface area contributed by atoms with Crippen LogP contribution in [-0.2, 0) is 4.79 Å². The van der Waals surface area contributed by atoms with Crippen LogP contribution in [0.5, 0.6) is 0 Å². The Labute approximate surface area is 207 Å². The molecular formula is C26H26N6O2S. The largest absolute Gasteiger partial charge is 0.351 e. The molecule has 0 aliphatic carbocycles. The molecule has 0 saturated carbocycles. The van der Waals surface area contributed by atoms with Gasteiger partial charge in [0.1, 0.15) is 10.3 Å². The highest BCUT2D eigenvalue weighted by Crippen LogP contribution is 2.50. The van der Waals surface area contributed by atoms with Crippen LogP contribution in [0.25, 0.3) is 11.3 Å². The Morgan fingerprint density at radius 1 is 1.20 bits per heavy atom. The molecule has 0 spiro atoms. The Kier molecular flexibility index (Phi) is 5.66. The normalized spacial score (nSPS) is 22.9. The lowest BCUT2D eigenvalue weighted by Gasteiger charge is -2.34. The summed E-state index contributed by atoms with van der Waals surface area (Å²) in [5.41, 5.74) is 4.98. The van der Waals surface area contributed by atoms with Crippen molar-refractivity contribution in [1.29, 1.82) is 0 Å². The van der Waals surface area contributed by atoms with Crippen LogP contribution in [0.3, 0.4) is 0 Å². The molecule has 1 aromatic carbocycles. The molecule has 1 saturated heterocycles. The Morgan fingerprint density at radius 3 is 2.86 bits per heavy atom. The van der Waals surface area contributed by atoms with E-state index in [-0.39, 0.29) is 18.0 Å². The number of amides is 3. The molecule has 0 bridgehead atoms. The summed E-state index contributed by atoms with van der Waals surface area (Å²) in [4.78, 5) is 37.6. The van der Waals surface area contributed by atoms with Gasteiger partial charge in [-0.05, 0) is 44.5 Å². The van der Waals surface area contributed by atoms with E-state index in [9.17, 15) is 9.59 Å². The van der Waals surface area contributed by atoms with Gasteiger partial charge in [-0.3, -0.25) is 14.7 Å². The lowest BCUT2D eigenvalue weighted by Crippen LogP contribution is -2.52. The van der Waals surface area contributed by atoms with E-state index < -0.39 is 11.3 Å². The number of pyridine rings is 2. The Balaban J connectivity index is 1.34. The number of benzene rings is 1. The van der Waals surface area contributed by atoms with Gasteiger partial charge >= 0.3 is 6.03 Å². The van der Waals surface area contributed by atoms with E-state index in [1.807, 2.05) is 55.5 Å². The highest BCUT2D eigenvalue weighted by molar-refractivity contribution is 8.01. The second kappa shape index (κ2) is 8.98. The predicted octanol–water partition coefficient (Wildman–Crippen LogP) is 3.70. The van der Waals surface area contributed by atoms with Crippen LogP contribution >= 0.6 is 11.8 Å². The van der Waals surface area contributed by atoms with Crippen molar-refractivity contribution >= 4 is 35.1 Å². The number of rotatable bonds is 4. The molecular weight excluding hydrogens is 460 g/mol. The topological polar surface area (TPSA) is 99.2 Å². The van der Waals surface area contributed by atoms with Crippen LogP contribution in [-0.4, -0.2) is 46.3 Å². The molecule has 3 N–H and O–H groups in total. The molecule has 6 rings (SSSR count). The molecule has 2 unspecified atom stereocenters. The van der Waals surface area contributed by atoms with Crippen LogP contribution in [0, 0.1) is 6.92 Å². The second-order valence-electron chi connectivity index (χ2n) is 9.12. The number of aromatic nitrogens is 2. The van der Waals surface area contributed by atoms with E-state index in [0.717, 1.165) is 64.8 Å². The average molecular weight is 487 g/mol. The van der Waals surface area contributed by atoms with Gasteiger partial charge in [-0.15, -0.1) is 0 Å². The number of hydrogen-bond donors (Lipinski definition) is 3. The fourth-order valence-corrected chi connectivity index (χ4v) is 6.31. The number of carbonyl (C=O) groups excluding carboxylic acids is 2. The maximum atomic E-state index is 13.5. The van der Waals surface area contributed by atoms with Crippen LogP contribution in [0.2, 0.25) is 0 Å². The van der Waals surface area contributed by atoms with Crippen molar-refractivity contribution in [2.45, 2.75) is 42.1 Å². The van der Waals surface area contributed by atoms with Gasteiger partial charge in [0.25, 0.3) is 0 Å². The molecule has 2 aromatic heterocycles. The molecule has 1 fully saturated rings. The van der Waals surface area contributed by atoms with Gasteiger partial charge in [-0.1, -0.05) is 42.1 Å². The summed E-state index contributed by atoms with van der Waals surface area (Å²) in [5, 5.41) is 9.93. The number of nitrogens with one attached hydrogen (secondary N) is 3. The molecule has 3 aliphatic rings. The van der Waals surface area contributed by atoms with E-state index in [2.05, 4.69) is 25.9 Å². The molecule has 35 heavy (non-hydrogen) atoms. The summed E-state index contributed by atoms with van der Waals surface area (Å²) in [5.74, 6) is -0.0579. The molecule has 3 aliphatic heterocycles. The Hall–Kier alpha value is -3.43. The third-order valence-corrected chi connectivity index (χ3v) is 7.96. The number of nitrogens with zero attached hydrogens (tertiary/aromatic N) is 3. The van der Waals surface area contributed by atoms with Gasteiger partial charge in [0, 0.05) is 35.6 Å². The molecule has 178 valence electrons. The number of aryl methyl sites for hydroxylation is 1. The van der Waals surface area contributed by atoms with Crippen LogP contribution < -0.4 is 20.9 Å². The van der Waals surface area contributed by atoms with Gasteiger partial charge in [-0.25, -0.2) is 9.78 Å². The lowest BCUT2D eigenvalue weighted by molar-refractivity contribution is -0.121. The Morgan fingerprint density at radius 2 is 2.06 bits per heavy atom. The predicted molar refractivity (Wildman–Crippen MR) is 136 cm³/mol. The van der Waals surface area contributed by atoms with E-state index in [1.54, 1.807) is 11.1 Å². The summed E-state index contributed by atoms with van der Waals surface area (Å²) < 4.78 is 0. The van der Waals surface area contributed by atoms with Gasteiger partial charge < -0.3 is 16.0 Å². The number of piperidine rings is 1. The highest BCUT2D eigenvalue weighted by Gasteiger charge is 2.47. The van der Waals surface area contributed by atoms with E-state index in [1.165, 1.54) is 11.8 Å². The van der Waals surface area contributed by atoms with E-state index in [0.29, 0.717) is 0 Å². The minimum absolute atomic E-state index is 0.0579. The minimum Gasteiger partial charge on any atom is -0.351 e. The first kappa shape index (κ1) is 22.1. The standard InChI is InChI=1S/C26H26N6O2S/c1-15-12-18(13-19(29-15)16-6-3-2-4-7-16)32-20-9-11-28-25-21(20)22(31-26(32)34)23(35-25)24(33)30-17-8-5-10-27-14-17/h2-4,6-7,9,11-13,17,22-23,27H,5,8,10,14H2,1H3,(H,30,33)(H,31,34)/t17?,22?,23-/m1/s1. The van der Waals surface area contributed by atoms with E-state index >= 15 is 0 Å². The summed E-state index contributed by atoms with van der Waals surface area (Å²) in [6.45, 7) is 3.68. The van der Waals surface area contributed by atoms with Crippen molar-refractivity contribution in [2.75, 3.05) is 18.0 Å². The number of carbonyl (C=O) groups is 2. The van der Waals surface area contributed by atoms with Crippen LogP contribution in [0.1, 0.15) is 30.1 Å². The zero-order valence-corrected chi connectivity index (χ0v) is 20.1. The zero-order valence-electron chi connectivity index (χ0n) is 19.3. The highest BCUT2D eigenvalue weighted by atomic mass is 32.2. The first-order valence-electron chi connectivity index (χ1n) is 11.9. The number of hydrogen-bond acceptors (Lipinski definition) is 6. The zero-order chi connectivity index (χ0) is 23.9. The SMILES string of the molecule is Cc1cc(N2C(=O)NC3c4c2ccnc4S[C@H]3C(=O)NC2CCCNC2)cc(-c2ccccc2)n1. The van der Waals surface area contributed by atoms with Crippen molar-refractivity contribution in [3.05, 3.63) is 66.0 Å². The molecule has 9 heteroatoms. The molecule has 5 heterocycles. The maximum Gasteiger partial charge on any atom is 0.327 e. The molecule has 8 nitrogen and oxygen atoms in total. The minimum atomic E-state index is -0.453. The van der Waals surface area contributed by atoms with Crippen LogP contribution in [0.15, 0.2) is 59.8 Å². The van der Waals surface area contributed by atoms with Crippen LogP contribution in [0.4, 0.5) is 16.2 Å². The molecule has 0 radical (unpaired) electrons. The molecule has 3 amide bonds. The number of thioether (sulfide) groups is 1. The van der Waals surface area contributed by atoms with Gasteiger partial charge in [0.2, 0.25) is 5.91 Å². The molecule has 3 aromatic rings. The first-order valence-corrected chi connectivity index (χ1v) is 12.8.